The molecule has 1 atom stereocenters. The molecular weight excluding hydrogens is 387 g/mol. The summed E-state index contributed by atoms with van der Waals surface area (Å²) in [5.41, 5.74) is 0.102. The summed E-state index contributed by atoms with van der Waals surface area (Å²) in [6.07, 6.45) is 5.04. The minimum atomic E-state index is -5.10. The van der Waals surface area contributed by atoms with Crippen molar-refractivity contribution in [2.75, 3.05) is 6.61 Å². The van der Waals surface area contributed by atoms with Gasteiger partial charge < -0.3 is 24.2 Å². The van der Waals surface area contributed by atoms with Crippen LogP contribution in [0.15, 0.2) is 30.3 Å². The van der Waals surface area contributed by atoms with E-state index in [1.165, 1.54) is 0 Å². The predicted molar refractivity (Wildman–Crippen MR) is 93.4 cm³/mol. The zero-order valence-corrected chi connectivity index (χ0v) is 22.1. The van der Waals surface area contributed by atoms with Crippen LogP contribution in [0.5, 0.6) is 0 Å². The first kappa shape index (κ1) is 30.0. The first-order chi connectivity index (χ1) is 11.7. The Kier molecular flexibility index (Phi) is 16.4. The van der Waals surface area contributed by atoms with Crippen LogP contribution < -0.4 is 74.2 Å². The molecule has 142 valence electrons. The molecule has 1 aromatic carbocycles. The quantitative estimate of drug-likeness (QED) is 0.232. The number of phosphoric acid groups is 1. The fraction of sp³-hybridized carbons (Fsp3) is 0.611. The van der Waals surface area contributed by atoms with Crippen molar-refractivity contribution < 1.29 is 82.8 Å². The van der Waals surface area contributed by atoms with Crippen molar-refractivity contribution in [3.05, 3.63) is 35.9 Å². The van der Waals surface area contributed by atoms with E-state index < -0.39 is 25.9 Å². The zero-order chi connectivity index (χ0) is 18.9. The number of unbranched alkanes of at least 4 members (excludes halogenated alkanes) is 3. The van der Waals surface area contributed by atoms with Crippen molar-refractivity contribution in [2.24, 2.45) is 5.41 Å². The normalized spacial score (nSPS) is 12.5. The molecule has 0 aliphatic rings. The smallest absolute Gasteiger partial charge is 0.790 e. The first-order valence-electron chi connectivity index (χ1n) is 8.68. The average molecular weight is 415 g/mol. The summed E-state index contributed by atoms with van der Waals surface area (Å²) < 4.78 is 15.2. The van der Waals surface area contributed by atoms with Crippen LogP contribution in [0, 0.1) is 5.41 Å². The molecule has 1 N–H and O–H groups in total. The van der Waals surface area contributed by atoms with Gasteiger partial charge in [0.15, 0.2) is 0 Å². The Labute approximate surface area is 207 Å². The molecule has 0 saturated heterocycles. The SMILES string of the molecule is CCCCCCC(C)(C)C(=O)N[C@@H](COP(=O)([O-])[O-])c1ccccc1.[Na+].[Na+]. The van der Waals surface area contributed by atoms with E-state index in [-0.39, 0.29) is 65.0 Å². The molecule has 6 nitrogen and oxygen atoms in total. The Bertz CT molecular complexity index is 580. The second-order valence-electron chi connectivity index (χ2n) is 6.87. The van der Waals surface area contributed by atoms with E-state index >= 15 is 0 Å². The molecule has 0 aromatic heterocycles. The topological polar surface area (TPSA) is 102 Å². The molecule has 1 rings (SSSR count). The molecule has 1 aromatic rings. The van der Waals surface area contributed by atoms with E-state index in [1.54, 1.807) is 24.3 Å². The van der Waals surface area contributed by atoms with Crippen LogP contribution in [0.4, 0.5) is 0 Å². The van der Waals surface area contributed by atoms with Gasteiger partial charge in [0, 0.05) is 5.41 Å². The van der Waals surface area contributed by atoms with E-state index in [0.29, 0.717) is 5.56 Å². The molecule has 0 spiro atoms. The summed E-state index contributed by atoms with van der Waals surface area (Å²) in [6, 6.07) is 8.18. The Morgan fingerprint density at radius 2 is 1.74 bits per heavy atom. The first-order valence-corrected chi connectivity index (χ1v) is 10.1. The Morgan fingerprint density at radius 1 is 1.15 bits per heavy atom. The number of rotatable bonds is 11. The van der Waals surface area contributed by atoms with Crippen LogP contribution in [0.25, 0.3) is 0 Å². The summed E-state index contributed by atoms with van der Waals surface area (Å²) in [6.45, 7) is 5.45. The van der Waals surface area contributed by atoms with Crippen LogP contribution in [-0.2, 0) is 13.9 Å². The number of carbonyl (C=O) groups is 1. The molecule has 0 aliphatic heterocycles. The maximum Gasteiger partial charge on any atom is 1.00 e. The predicted octanol–water partition coefficient (Wildman–Crippen LogP) is -3.31. The van der Waals surface area contributed by atoms with Crippen molar-refractivity contribution >= 4 is 13.7 Å². The van der Waals surface area contributed by atoms with Gasteiger partial charge in [-0.25, -0.2) is 0 Å². The minimum Gasteiger partial charge on any atom is -0.790 e. The molecule has 0 fully saturated rings. The minimum absolute atomic E-state index is 0. The van der Waals surface area contributed by atoms with Crippen molar-refractivity contribution in [3.63, 3.8) is 0 Å². The number of hydrogen-bond donors (Lipinski definition) is 1. The fourth-order valence-corrected chi connectivity index (χ4v) is 2.86. The van der Waals surface area contributed by atoms with E-state index in [2.05, 4.69) is 16.8 Å². The third kappa shape index (κ3) is 12.9. The summed E-state index contributed by atoms with van der Waals surface area (Å²) in [5, 5.41) is 2.82. The number of amides is 1. The molecule has 0 heterocycles. The van der Waals surface area contributed by atoms with Gasteiger partial charge in [0.25, 0.3) is 0 Å². The average Bonchev–Trinajstić information content (AvgIpc) is 2.55. The molecule has 0 aliphatic carbocycles. The Morgan fingerprint density at radius 3 is 2.26 bits per heavy atom. The molecule has 0 unspecified atom stereocenters. The van der Waals surface area contributed by atoms with Gasteiger partial charge in [0.1, 0.15) is 0 Å². The summed E-state index contributed by atoms with van der Waals surface area (Å²) in [7, 11) is -5.10. The summed E-state index contributed by atoms with van der Waals surface area (Å²) in [5.74, 6) is -0.187. The maximum atomic E-state index is 12.6. The van der Waals surface area contributed by atoms with Crippen LogP contribution >= 0.6 is 7.82 Å². The monoisotopic (exact) mass is 415 g/mol. The molecule has 9 heteroatoms. The van der Waals surface area contributed by atoms with E-state index in [0.717, 1.165) is 32.1 Å². The number of hydrogen-bond acceptors (Lipinski definition) is 5. The molecule has 27 heavy (non-hydrogen) atoms. The second-order valence-corrected chi connectivity index (χ2v) is 8.03. The molecule has 1 amide bonds. The molecule has 0 saturated carbocycles. The zero-order valence-electron chi connectivity index (χ0n) is 17.2. The number of benzene rings is 1. The van der Waals surface area contributed by atoms with Crippen LogP contribution in [0.1, 0.15) is 64.5 Å². The van der Waals surface area contributed by atoms with Gasteiger partial charge in [-0.05, 0) is 12.0 Å². The number of carbonyl (C=O) groups excluding carboxylic acids is 1. The third-order valence-electron chi connectivity index (χ3n) is 4.18. The van der Waals surface area contributed by atoms with Gasteiger partial charge in [0.05, 0.1) is 20.5 Å². The van der Waals surface area contributed by atoms with Gasteiger partial charge in [-0.2, -0.15) is 0 Å². The largest absolute Gasteiger partial charge is 1.00 e. The number of nitrogens with one attached hydrogen (secondary N) is 1. The van der Waals surface area contributed by atoms with Crippen molar-refractivity contribution in [3.8, 4) is 0 Å². The summed E-state index contributed by atoms with van der Waals surface area (Å²) >= 11 is 0. The molecule has 0 bridgehead atoms. The summed E-state index contributed by atoms with van der Waals surface area (Å²) in [4.78, 5) is 34.2. The standard InChI is InChI=1S/C18H30NO5P.2Na/c1-4-5-6-10-13-18(2,3)17(20)19-16(14-24-25(21,22)23)15-11-8-7-9-12-15;;/h7-9,11-12,16H,4-6,10,13-14H2,1-3H3,(H,19,20)(H2,21,22,23);;/q;2*+1/p-2/t16-;;/m0../s1. The second kappa shape index (κ2) is 14.7. The maximum absolute atomic E-state index is 12.6. The van der Waals surface area contributed by atoms with E-state index in [9.17, 15) is 19.1 Å². The van der Waals surface area contributed by atoms with Gasteiger partial charge in [-0.15, -0.1) is 0 Å². The molecule has 0 radical (unpaired) electrons. The fourth-order valence-electron chi connectivity index (χ4n) is 2.53. The van der Waals surface area contributed by atoms with Crippen LogP contribution in [-0.4, -0.2) is 12.5 Å². The van der Waals surface area contributed by atoms with Crippen LogP contribution in [0.2, 0.25) is 0 Å². The van der Waals surface area contributed by atoms with Crippen molar-refractivity contribution in [1.82, 2.24) is 5.32 Å². The Hall–Kier alpha value is 0.800. The van der Waals surface area contributed by atoms with Crippen molar-refractivity contribution in [1.29, 1.82) is 0 Å². The van der Waals surface area contributed by atoms with Crippen molar-refractivity contribution in [2.45, 2.75) is 58.9 Å². The third-order valence-corrected chi connectivity index (χ3v) is 4.64. The van der Waals surface area contributed by atoms with Gasteiger partial charge in [0.2, 0.25) is 5.91 Å². The number of phosphoric ester groups is 1. The Balaban J connectivity index is 0. The van der Waals surface area contributed by atoms with E-state index in [4.69, 9.17) is 0 Å². The molecular formula is C18H28NNa2O5P. The van der Waals surface area contributed by atoms with Gasteiger partial charge in [-0.1, -0.05) is 76.8 Å². The van der Waals surface area contributed by atoms with E-state index in [1.807, 2.05) is 19.9 Å². The van der Waals surface area contributed by atoms with Crippen LogP contribution in [0.3, 0.4) is 0 Å². The van der Waals surface area contributed by atoms with Gasteiger partial charge >= 0.3 is 59.1 Å². The van der Waals surface area contributed by atoms with Gasteiger partial charge in [-0.3, -0.25) is 4.79 Å².